The largest absolute Gasteiger partial charge is 0.490 e. The van der Waals surface area contributed by atoms with Gasteiger partial charge in [-0.3, -0.25) is 0 Å². The fraction of sp³-hybridized carbons (Fsp3) is 0.364. The van der Waals surface area contributed by atoms with E-state index in [-0.39, 0.29) is 0 Å². The second-order valence-corrected chi connectivity index (χ2v) is 3.29. The van der Waals surface area contributed by atoms with Gasteiger partial charge in [0.25, 0.3) is 0 Å². The normalized spacial score (nSPS) is 18.9. The van der Waals surface area contributed by atoms with Crippen molar-refractivity contribution in [2.45, 2.75) is 25.9 Å². The number of nitrogens with zero attached hydrogens (tertiary/aromatic N) is 1. The van der Waals surface area contributed by atoms with Gasteiger partial charge in [-0.05, 0) is 24.1 Å². The van der Waals surface area contributed by atoms with Gasteiger partial charge in [0.05, 0.1) is 11.6 Å². The summed E-state index contributed by atoms with van der Waals surface area (Å²) in [6.45, 7) is 2.11. The quantitative estimate of drug-likeness (QED) is 0.652. The van der Waals surface area contributed by atoms with Crippen molar-refractivity contribution in [3.05, 3.63) is 29.3 Å². The number of hydrogen-bond donors (Lipinski definition) is 0. The molecule has 0 saturated heterocycles. The Morgan fingerprint density at radius 2 is 2.46 bits per heavy atom. The summed E-state index contributed by atoms with van der Waals surface area (Å²) in [5.41, 5.74) is 1.90. The Kier molecular flexibility index (Phi) is 1.94. The van der Waals surface area contributed by atoms with Gasteiger partial charge in [-0.25, -0.2) is 0 Å². The third-order valence-electron chi connectivity index (χ3n) is 2.39. The highest BCUT2D eigenvalue weighted by Crippen LogP contribution is 2.30. The molecular formula is C11H11NO. The van der Waals surface area contributed by atoms with Crippen molar-refractivity contribution < 1.29 is 4.74 Å². The molecule has 1 unspecified atom stereocenters. The summed E-state index contributed by atoms with van der Waals surface area (Å²) in [7, 11) is 0. The summed E-state index contributed by atoms with van der Waals surface area (Å²) >= 11 is 0. The number of nitriles is 1. The Morgan fingerprint density at radius 1 is 1.62 bits per heavy atom. The zero-order chi connectivity index (χ0) is 9.26. The molecule has 1 heterocycles. The van der Waals surface area contributed by atoms with E-state index in [4.69, 9.17) is 10.00 Å². The minimum absolute atomic E-state index is 0.309. The minimum atomic E-state index is 0.309. The first-order valence-electron chi connectivity index (χ1n) is 4.53. The van der Waals surface area contributed by atoms with Gasteiger partial charge in [0.1, 0.15) is 11.9 Å². The number of rotatable bonds is 1. The van der Waals surface area contributed by atoms with Crippen molar-refractivity contribution in [2.75, 3.05) is 0 Å². The van der Waals surface area contributed by atoms with Crippen LogP contribution in [0.4, 0.5) is 0 Å². The second kappa shape index (κ2) is 3.10. The van der Waals surface area contributed by atoms with E-state index in [9.17, 15) is 0 Å². The molecule has 0 spiro atoms. The Morgan fingerprint density at radius 3 is 3.15 bits per heavy atom. The number of hydrogen-bond acceptors (Lipinski definition) is 2. The maximum atomic E-state index is 8.69. The molecule has 0 radical (unpaired) electrons. The van der Waals surface area contributed by atoms with Crippen molar-refractivity contribution in [3.8, 4) is 11.8 Å². The summed E-state index contributed by atoms with van der Waals surface area (Å²) < 4.78 is 5.65. The van der Waals surface area contributed by atoms with Gasteiger partial charge in [-0.15, -0.1) is 0 Å². The Balaban J connectivity index is 2.32. The molecule has 2 heteroatoms. The van der Waals surface area contributed by atoms with Gasteiger partial charge in [0.15, 0.2) is 0 Å². The van der Waals surface area contributed by atoms with Crippen LogP contribution in [-0.4, -0.2) is 6.10 Å². The molecule has 2 rings (SSSR count). The molecule has 0 aliphatic carbocycles. The van der Waals surface area contributed by atoms with E-state index in [0.29, 0.717) is 11.7 Å². The maximum absolute atomic E-state index is 8.69. The lowest BCUT2D eigenvalue weighted by molar-refractivity contribution is 0.228. The molecule has 1 atom stereocenters. The van der Waals surface area contributed by atoms with E-state index in [2.05, 4.69) is 13.0 Å². The van der Waals surface area contributed by atoms with Gasteiger partial charge in [-0.2, -0.15) is 5.26 Å². The molecule has 13 heavy (non-hydrogen) atoms. The molecule has 1 aliphatic heterocycles. The minimum Gasteiger partial charge on any atom is -0.490 e. The third-order valence-corrected chi connectivity index (χ3v) is 2.39. The lowest BCUT2D eigenvalue weighted by Crippen LogP contribution is -2.10. The van der Waals surface area contributed by atoms with Crippen LogP contribution < -0.4 is 4.74 Å². The van der Waals surface area contributed by atoms with Gasteiger partial charge in [0.2, 0.25) is 0 Å². The van der Waals surface area contributed by atoms with Crippen LogP contribution in [0.5, 0.6) is 5.75 Å². The van der Waals surface area contributed by atoms with Gasteiger partial charge in [-0.1, -0.05) is 13.0 Å². The van der Waals surface area contributed by atoms with Crippen LogP contribution in [0.2, 0.25) is 0 Å². The summed E-state index contributed by atoms with van der Waals surface area (Å²) in [6.07, 6.45) is 2.32. The van der Waals surface area contributed by atoms with Crippen molar-refractivity contribution in [1.82, 2.24) is 0 Å². The first-order valence-corrected chi connectivity index (χ1v) is 4.53. The average Bonchev–Trinajstić information content (AvgIpc) is 2.58. The summed E-state index contributed by atoms with van der Waals surface area (Å²) in [5.74, 6) is 0.894. The molecule has 0 saturated carbocycles. The van der Waals surface area contributed by atoms with Gasteiger partial charge in [0, 0.05) is 6.42 Å². The van der Waals surface area contributed by atoms with Gasteiger partial charge < -0.3 is 4.74 Å². The zero-order valence-electron chi connectivity index (χ0n) is 7.58. The molecule has 1 aromatic rings. The van der Waals surface area contributed by atoms with Gasteiger partial charge >= 0.3 is 0 Å². The van der Waals surface area contributed by atoms with Crippen molar-refractivity contribution >= 4 is 0 Å². The smallest absolute Gasteiger partial charge is 0.124 e. The van der Waals surface area contributed by atoms with E-state index >= 15 is 0 Å². The molecule has 1 aromatic carbocycles. The lowest BCUT2D eigenvalue weighted by atomic mass is 10.1. The van der Waals surface area contributed by atoms with Crippen molar-refractivity contribution in [3.63, 3.8) is 0 Å². The highest BCUT2D eigenvalue weighted by atomic mass is 16.5. The monoisotopic (exact) mass is 173 g/mol. The van der Waals surface area contributed by atoms with Crippen LogP contribution in [0.15, 0.2) is 18.2 Å². The number of benzene rings is 1. The molecule has 0 N–H and O–H groups in total. The van der Waals surface area contributed by atoms with Crippen LogP contribution in [0.1, 0.15) is 24.5 Å². The van der Waals surface area contributed by atoms with E-state index in [1.54, 1.807) is 0 Å². The van der Waals surface area contributed by atoms with Crippen LogP contribution in [0, 0.1) is 11.3 Å². The Labute approximate surface area is 77.8 Å². The average molecular weight is 173 g/mol. The fourth-order valence-electron chi connectivity index (χ4n) is 1.60. The molecule has 0 amide bonds. The molecule has 66 valence electrons. The van der Waals surface area contributed by atoms with Crippen LogP contribution >= 0.6 is 0 Å². The summed E-state index contributed by atoms with van der Waals surface area (Å²) in [4.78, 5) is 0. The van der Waals surface area contributed by atoms with Crippen molar-refractivity contribution in [1.29, 1.82) is 5.26 Å². The Hall–Kier alpha value is -1.49. The van der Waals surface area contributed by atoms with Crippen molar-refractivity contribution in [2.24, 2.45) is 0 Å². The predicted octanol–water partition coefficient (Wildman–Crippen LogP) is 2.27. The highest BCUT2D eigenvalue weighted by molar-refractivity contribution is 5.44. The highest BCUT2D eigenvalue weighted by Gasteiger charge is 2.20. The first kappa shape index (κ1) is 8.12. The molecule has 2 nitrogen and oxygen atoms in total. The lowest BCUT2D eigenvalue weighted by Gasteiger charge is -2.05. The Bertz CT molecular complexity index is 365. The number of fused-ring (bicyclic) bond motifs is 1. The zero-order valence-corrected chi connectivity index (χ0v) is 7.58. The molecule has 0 bridgehead atoms. The van der Waals surface area contributed by atoms with Crippen LogP contribution in [-0.2, 0) is 6.42 Å². The summed E-state index contributed by atoms with van der Waals surface area (Å²) in [5, 5.41) is 8.69. The summed E-state index contributed by atoms with van der Waals surface area (Å²) in [6, 6.07) is 7.77. The standard InChI is InChI=1S/C11H11NO/c1-2-10-6-9-4-3-8(7-12)5-11(9)13-10/h3-5,10H,2,6H2,1H3. The van der Waals surface area contributed by atoms with Crippen LogP contribution in [0.25, 0.3) is 0 Å². The van der Waals surface area contributed by atoms with Crippen LogP contribution in [0.3, 0.4) is 0 Å². The van der Waals surface area contributed by atoms with E-state index < -0.39 is 0 Å². The van der Waals surface area contributed by atoms with E-state index in [1.807, 2.05) is 18.2 Å². The predicted molar refractivity (Wildman–Crippen MR) is 49.6 cm³/mol. The van der Waals surface area contributed by atoms with E-state index in [0.717, 1.165) is 18.6 Å². The second-order valence-electron chi connectivity index (χ2n) is 3.29. The SMILES string of the molecule is CCC1Cc2ccc(C#N)cc2O1. The topological polar surface area (TPSA) is 33.0 Å². The van der Waals surface area contributed by atoms with E-state index in [1.165, 1.54) is 5.56 Å². The third kappa shape index (κ3) is 1.38. The number of ether oxygens (including phenoxy) is 1. The molecule has 1 aliphatic rings. The molecule has 0 aromatic heterocycles. The maximum Gasteiger partial charge on any atom is 0.124 e. The first-order chi connectivity index (χ1) is 6.33. The molecular weight excluding hydrogens is 162 g/mol. The molecule has 0 fully saturated rings. The fourth-order valence-corrected chi connectivity index (χ4v) is 1.60.